The molecule has 0 aliphatic carbocycles. The molecule has 18 heavy (non-hydrogen) atoms. The standard InChI is InChI=1S/C16H32NO/c1-2-3-4-5-6-7-8-9-10-11-12-13-14-15-16-17-18/h2,17H,1,3-16H2/q-1. The van der Waals surface area contributed by atoms with Crippen LogP contribution in [0.15, 0.2) is 12.7 Å². The van der Waals surface area contributed by atoms with E-state index in [1.807, 2.05) is 11.6 Å². The topological polar surface area (TPSA) is 35.1 Å². The van der Waals surface area contributed by atoms with Gasteiger partial charge in [-0.05, 0) is 25.8 Å². The highest BCUT2D eigenvalue weighted by Gasteiger charge is 1.93. The van der Waals surface area contributed by atoms with Gasteiger partial charge in [0.25, 0.3) is 0 Å². The molecule has 2 nitrogen and oxygen atoms in total. The van der Waals surface area contributed by atoms with E-state index in [-0.39, 0.29) is 0 Å². The second-order valence-corrected chi connectivity index (χ2v) is 5.21. The Balaban J connectivity index is 2.88. The Morgan fingerprint density at radius 1 is 0.667 bits per heavy atom. The molecule has 0 saturated heterocycles. The van der Waals surface area contributed by atoms with Gasteiger partial charge in [-0.1, -0.05) is 70.3 Å². The van der Waals surface area contributed by atoms with Crippen LogP contribution in [-0.4, -0.2) is 6.54 Å². The fraction of sp³-hybridized carbons (Fsp3) is 0.875. The van der Waals surface area contributed by atoms with Crippen molar-refractivity contribution < 1.29 is 0 Å². The van der Waals surface area contributed by atoms with E-state index in [4.69, 9.17) is 0 Å². The average Bonchev–Trinajstić information content (AvgIpc) is 2.39. The first kappa shape index (κ1) is 17.7. The lowest BCUT2D eigenvalue weighted by atomic mass is 10.0. The molecule has 0 saturated carbocycles. The van der Waals surface area contributed by atoms with Crippen molar-refractivity contribution in [3.8, 4) is 0 Å². The van der Waals surface area contributed by atoms with Crippen molar-refractivity contribution in [1.29, 1.82) is 0 Å². The zero-order valence-corrected chi connectivity index (χ0v) is 12.1. The van der Waals surface area contributed by atoms with E-state index in [0.717, 1.165) is 6.42 Å². The third kappa shape index (κ3) is 15.7. The molecule has 0 fully saturated rings. The highest BCUT2D eigenvalue weighted by atomic mass is 16.5. The summed E-state index contributed by atoms with van der Waals surface area (Å²) in [6.07, 6.45) is 19.2. The maximum atomic E-state index is 9.99. The van der Waals surface area contributed by atoms with E-state index in [0.29, 0.717) is 6.54 Å². The molecule has 0 bridgehead atoms. The summed E-state index contributed by atoms with van der Waals surface area (Å²) in [6, 6.07) is 0. The van der Waals surface area contributed by atoms with E-state index >= 15 is 0 Å². The Hall–Kier alpha value is -0.340. The van der Waals surface area contributed by atoms with Crippen LogP contribution in [0.2, 0.25) is 0 Å². The Morgan fingerprint density at radius 3 is 1.44 bits per heavy atom. The summed E-state index contributed by atoms with van der Waals surface area (Å²) in [7, 11) is 0. The van der Waals surface area contributed by atoms with E-state index < -0.39 is 0 Å². The van der Waals surface area contributed by atoms with Crippen molar-refractivity contribution in [1.82, 2.24) is 5.48 Å². The third-order valence-corrected chi connectivity index (χ3v) is 3.44. The number of allylic oxidation sites excluding steroid dienone is 1. The minimum atomic E-state index is 0.631. The van der Waals surface area contributed by atoms with Gasteiger partial charge in [-0.25, -0.2) is 0 Å². The normalized spacial score (nSPS) is 10.7. The highest BCUT2D eigenvalue weighted by Crippen LogP contribution is 2.12. The largest absolute Gasteiger partial charge is 0.788 e. The molecular formula is C16H32NO-. The lowest BCUT2D eigenvalue weighted by Crippen LogP contribution is -2.04. The summed E-state index contributed by atoms with van der Waals surface area (Å²) in [4.78, 5) is 0. The van der Waals surface area contributed by atoms with Gasteiger partial charge in [0, 0.05) is 0 Å². The number of hydrogen-bond acceptors (Lipinski definition) is 2. The summed E-state index contributed by atoms with van der Waals surface area (Å²) in [5.41, 5.74) is 1.96. The average molecular weight is 254 g/mol. The van der Waals surface area contributed by atoms with Crippen molar-refractivity contribution in [2.45, 2.75) is 83.5 Å². The molecule has 0 aromatic carbocycles. The van der Waals surface area contributed by atoms with Gasteiger partial charge in [-0.3, -0.25) is 0 Å². The molecular weight excluding hydrogens is 222 g/mol. The SMILES string of the molecule is C=CCCCCCCCCCCCCCCN[O-]. The maximum Gasteiger partial charge on any atom is -0.0170 e. The second kappa shape index (κ2) is 16.7. The molecule has 0 rings (SSSR count). The van der Waals surface area contributed by atoms with E-state index in [2.05, 4.69) is 6.58 Å². The summed E-state index contributed by atoms with van der Waals surface area (Å²) < 4.78 is 0. The zero-order valence-electron chi connectivity index (χ0n) is 12.1. The zero-order chi connectivity index (χ0) is 13.3. The monoisotopic (exact) mass is 254 g/mol. The molecule has 0 spiro atoms. The fourth-order valence-corrected chi connectivity index (χ4v) is 2.25. The number of nitrogens with one attached hydrogen (secondary N) is 1. The van der Waals surface area contributed by atoms with Gasteiger partial charge in [0.05, 0.1) is 0 Å². The fourth-order valence-electron chi connectivity index (χ4n) is 2.25. The molecule has 0 aromatic rings. The maximum absolute atomic E-state index is 9.99. The van der Waals surface area contributed by atoms with Gasteiger partial charge in [0.15, 0.2) is 0 Å². The van der Waals surface area contributed by atoms with E-state index in [1.165, 1.54) is 77.0 Å². The molecule has 0 aliphatic heterocycles. The molecule has 0 unspecified atom stereocenters. The van der Waals surface area contributed by atoms with Crippen molar-refractivity contribution in [2.75, 3.05) is 6.54 Å². The molecule has 0 aromatic heterocycles. The lowest BCUT2D eigenvalue weighted by molar-refractivity contribution is 0.540. The first-order chi connectivity index (χ1) is 8.91. The van der Waals surface area contributed by atoms with Gasteiger partial charge in [0.2, 0.25) is 0 Å². The van der Waals surface area contributed by atoms with Crippen molar-refractivity contribution in [3.63, 3.8) is 0 Å². The first-order valence-electron chi connectivity index (χ1n) is 7.87. The van der Waals surface area contributed by atoms with Gasteiger partial charge in [-0.2, -0.15) is 0 Å². The molecule has 0 radical (unpaired) electrons. The van der Waals surface area contributed by atoms with Gasteiger partial charge < -0.3 is 10.7 Å². The minimum Gasteiger partial charge on any atom is -0.788 e. The Labute approximate surface area is 114 Å². The van der Waals surface area contributed by atoms with Gasteiger partial charge in [0.1, 0.15) is 0 Å². The van der Waals surface area contributed by atoms with Crippen molar-refractivity contribution in [3.05, 3.63) is 17.9 Å². The summed E-state index contributed by atoms with van der Waals surface area (Å²) in [5, 5.41) is 9.99. The van der Waals surface area contributed by atoms with Crippen LogP contribution in [0.1, 0.15) is 83.5 Å². The minimum absolute atomic E-state index is 0.631. The number of rotatable bonds is 15. The Kier molecular flexibility index (Phi) is 16.3. The van der Waals surface area contributed by atoms with E-state index in [1.54, 1.807) is 0 Å². The first-order valence-corrected chi connectivity index (χ1v) is 7.87. The van der Waals surface area contributed by atoms with E-state index in [9.17, 15) is 5.21 Å². The van der Waals surface area contributed by atoms with Crippen LogP contribution in [0.5, 0.6) is 0 Å². The molecule has 0 heterocycles. The van der Waals surface area contributed by atoms with Crippen molar-refractivity contribution in [2.24, 2.45) is 0 Å². The van der Waals surface area contributed by atoms with Crippen LogP contribution in [0, 0.1) is 5.21 Å². The molecule has 2 heteroatoms. The number of hydroxylamine groups is 1. The Morgan fingerprint density at radius 2 is 1.06 bits per heavy atom. The Bertz CT molecular complexity index is 159. The summed E-state index contributed by atoms with van der Waals surface area (Å²) in [6.45, 7) is 4.37. The molecule has 0 atom stereocenters. The van der Waals surface area contributed by atoms with Gasteiger partial charge >= 0.3 is 0 Å². The van der Waals surface area contributed by atoms with Crippen molar-refractivity contribution >= 4 is 0 Å². The van der Waals surface area contributed by atoms with Crippen LogP contribution in [0.25, 0.3) is 0 Å². The highest BCUT2D eigenvalue weighted by molar-refractivity contribution is 4.65. The smallest absolute Gasteiger partial charge is 0.0170 e. The number of unbranched alkanes of at least 4 members (excludes halogenated alkanes) is 12. The van der Waals surface area contributed by atoms with Crippen LogP contribution >= 0.6 is 0 Å². The molecule has 0 aliphatic rings. The molecule has 1 N–H and O–H groups in total. The van der Waals surface area contributed by atoms with Crippen LogP contribution < -0.4 is 5.48 Å². The van der Waals surface area contributed by atoms with Crippen LogP contribution in [-0.2, 0) is 0 Å². The quantitative estimate of drug-likeness (QED) is 0.243. The predicted molar refractivity (Wildman–Crippen MR) is 81.6 cm³/mol. The molecule has 108 valence electrons. The molecule has 0 amide bonds. The third-order valence-electron chi connectivity index (χ3n) is 3.44. The second-order valence-electron chi connectivity index (χ2n) is 5.21. The summed E-state index contributed by atoms with van der Waals surface area (Å²) >= 11 is 0. The van der Waals surface area contributed by atoms with Gasteiger partial charge in [-0.15, -0.1) is 6.58 Å². The number of hydrogen-bond donors (Lipinski definition) is 1. The van der Waals surface area contributed by atoms with Crippen LogP contribution in [0.3, 0.4) is 0 Å². The predicted octanol–water partition coefficient (Wildman–Crippen LogP) is 5.33. The lowest BCUT2D eigenvalue weighted by Gasteiger charge is -2.06. The summed E-state index contributed by atoms with van der Waals surface area (Å²) in [5.74, 6) is 0. The van der Waals surface area contributed by atoms with Crippen LogP contribution in [0.4, 0.5) is 0 Å².